The molecule has 1 N–H and O–H groups in total. The molecule has 0 saturated heterocycles. The van der Waals surface area contributed by atoms with E-state index in [-0.39, 0.29) is 10.7 Å². The lowest BCUT2D eigenvalue weighted by molar-refractivity contribution is -0.0379. The zero-order valence-corrected chi connectivity index (χ0v) is 20.4. The van der Waals surface area contributed by atoms with Crippen molar-refractivity contribution in [3.05, 3.63) is 40.9 Å². The van der Waals surface area contributed by atoms with Gasteiger partial charge in [-0.3, -0.25) is 4.72 Å². The third-order valence-electron chi connectivity index (χ3n) is 4.59. The largest absolute Gasteiger partial charge is 0.490 e. The average molecular weight is 518 g/mol. The third-order valence-corrected chi connectivity index (χ3v) is 6.61. The zero-order valence-electron chi connectivity index (χ0n) is 18.0. The second-order valence-corrected chi connectivity index (χ2v) is 9.60. The summed E-state index contributed by atoms with van der Waals surface area (Å²) < 4.78 is 50.7. The van der Waals surface area contributed by atoms with E-state index in [4.69, 9.17) is 16.6 Å². The van der Waals surface area contributed by atoms with Crippen LogP contribution in [0.5, 0.6) is 0 Å². The first kappa shape index (κ1) is 25.4. The SMILES string of the molecule is CCCCN(CCC)c1nccc(-c2nc(-c3ccc(NS(=O)C(F)(F)F)cc3Cl)cs2)n1. The molecule has 3 rings (SSSR count). The second-order valence-electron chi connectivity index (χ2n) is 7.13. The van der Waals surface area contributed by atoms with Gasteiger partial charge in [-0.15, -0.1) is 11.3 Å². The monoisotopic (exact) mass is 517 g/mol. The summed E-state index contributed by atoms with van der Waals surface area (Å²) in [7, 11) is -3.22. The van der Waals surface area contributed by atoms with Crippen LogP contribution in [0.3, 0.4) is 0 Å². The molecule has 0 aliphatic carbocycles. The molecule has 0 aliphatic heterocycles. The molecular weight excluding hydrogens is 495 g/mol. The highest BCUT2D eigenvalue weighted by molar-refractivity contribution is 7.87. The molecular formula is C21H23ClF3N5OS2. The minimum absolute atomic E-state index is 0.00148. The van der Waals surface area contributed by atoms with Crippen LogP contribution >= 0.6 is 22.9 Å². The number of anilines is 2. The lowest BCUT2D eigenvalue weighted by Gasteiger charge is -2.21. The van der Waals surface area contributed by atoms with E-state index in [1.807, 2.05) is 4.72 Å². The van der Waals surface area contributed by atoms with Crippen LogP contribution in [0.4, 0.5) is 24.8 Å². The molecule has 1 atom stereocenters. The predicted molar refractivity (Wildman–Crippen MR) is 129 cm³/mol. The molecule has 0 radical (unpaired) electrons. The number of nitrogens with one attached hydrogen (secondary N) is 1. The molecule has 2 aromatic heterocycles. The van der Waals surface area contributed by atoms with Crippen molar-refractivity contribution in [1.82, 2.24) is 15.0 Å². The molecule has 0 spiro atoms. The maximum Gasteiger partial charge on any atom is 0.490 e. The molecule has 2 heterocycles. The highest BCUT2D eigenvalue weighted by Gasteiger charge is 2.37. The lowest BCUT2D eigenvalue weighted by Crippen LogP contribution is -2.27. The Morgan fingerprint density at radius 2 is 1.91 bits per heavy atom. The van der Waals surface area contributed by atoms with E-state index >= 15 is 0 Å². The van der Waals surface area contributed by atoms with Crippen LogP contribution < -0.4 is 9.62 Å². The number of unbranched alkanes of at least 4 members (excludes halogenated alkanes) is 1. The van der Waals surface area contributed by atoms with Gasteiger partial charge in [-0.05, 0) is 37.1 Å². The van der Waals surface area contributed by atoms with Crippen molar-refractivity contribution in [1.29, 1.82) is 0 Å². The summed E-state index contributed by atoms with van der Waals surface area (Å²) in [4.78, 5) is 15.9. The molecule has 0 bridgehead atoms. The van der Waals surface area contributed by atoms with Crippen LogP contribution in [0.2, 0.25) is 5.02 Å². The van der Waals surface area contributed by atoms with Gasteiger partial charge in [0.1, 0.15) is 10.7 Å². The fourth-order valence-electron chi connectivity index (χ4n) is 3.02. The van der Waals surface area contributed by atoms with Gasteiger partial charge < -0.3 is 4.90 Å². The highest BCUT2D eigenvalue weighted by atomic mass is 35.5. The first-order valence-electron chi connectivity index (χ1n) is 10.3. The summed E-state index contributed by atoms with van der Waals surface area (Å²) >= 11 is 7.66. The van der Waals surface area contributed by atoms with Crippen molar-refractivity contribution in [3.8, 4) is 22.0 Å². The quantitative estimate of drug-likeness (QED) is 0.331. The van der Waals surface area contributed by atoms with Crippen LogP contribution in [0.1, 0.15) is 33.1 Å². The van der Waals surface area contributed by atoms with Crippen molar-refractivity contribution >= 4 is 45.6 Å². The molecule has 178 valence electrons. The van der Waals surface area contributed by atoms with Gasteiger partial charge in [0.25, 0.3) is 0 Å². The molecule has 0 amide bonds. The number of hydrogen-bond donors (Lipinski definition) is 1. The van der Waals surface area contributed by atoms with Crippen LogP contribution in [-0.4, -0.2) is 37.8 Å². The Morgan fingerprint density at radius 3 is 2.58 bits per heavy atom. The van der Waals surface area contributed by atoms with Crippen molar-refractivity contribution in [2.24, 2.45) is 0 Å². The van der Waals surface area contributed by atoms with Gasteiger partial charge in [0.2, 0.25) is 16.9 Å². The van der Waals surface area contributed by atoms with Gasteiger partial charge in [0, 0.05) is 35.9 Å². The Labute approximate surface area is 201 Å². The van der Waals surface area contributed by atoms with E-state index in [1.54, 1.807) is 17.6 Å². The molecule has 33 heavy (non-hydrogen) atoms. The van der Waals surface area contributed by atoms with Crippen LogP contribution in [0, 0.1) is 0 Å². The maximum absolute atomic E-state index is 12.5. The minimum atomic E-state index is -4.87. The summed E-state index contributed by atoms with van der Waals surface area (Å²) in [5, 5.41) is 2.67. The number of alkyl halides is 3. The summed E-state index contributed by atoms with van der Waals surface area (Å²) in [6, 6.07) is 6.00. The van der Waals surface area contributed by atoms with Gasteiger partial charge >= 0.3 is 5.51 Å². The zero-order chi connectivity index (χ0) is 24.0. The minimum Gasteiger partial charge on any atom is -0.341 e. The number of hydrogen-bond acceptors (Lipinski definition) is 6. The van der Waals surface area contributed by atoms with Gasteiger partial charge in [-0.1, -0.05) is 31.9 Å². The molecule has 0 saturated carbocycles. The fourth-order valence-corrected chi connectivity index (χ4v) is 4.54. The number of benzene rings is 1. The van der Waals surface area contributed by atoms with E-state index in [9.17, 15) is 17.4 Å². The molecule has 1 unspecified atom stereocenters. The average Bonchev–Trinajstić information content (AvgIpc) is 3.26. The van der Waals surface area contributed by atoms with Gasteiger partial charge in [-0.2, -0.15) is 13.2 Å². The molecule has 0 fully saturated rings. The lowest BCUT2D eigenvalue weighted by atomic mass is 10.1. The Kier molecular flexibility index (Phi) is 8.66. The topological polar surface area (TPSA) is 71.0 Å². The molecule has 3 aromatic rings. The summed E-state index contributed by atoms with van der Waals surface area (Å²) in [6.45, 7) is 6.00. The number of nitrogens with zero attached hydrogens (tertiary/aromatic N) is 4. The smallest absolute Gasteiger partial charge is 0.341 e. The first-order valence-corrected chi connectivity index (χ1v) is 12.7. The van der Waals surface area contributed by atoms with E-state index in [1.165, 1.54) is 29.5 Å². The van der Waals surface area contributed by atoms with E-state index in [2.05, 4.69) is 28.7 Å². The van der Waals surface area contributed by atoms with Crippen LogP contribution in [-0.2, 0) is 11.0 Å². The van der Waals surface area contributed by atoms with E-state index in [0.29, 0.717) is 27.9 Å². The Morgan fingerprint density at radius 1 is 1.12 bits per heavy atom. The van der Waals surface area contributed by atoms with Gasteiger partial charge in [-0.25, -0.2) is 19.2 Å². The summed E-state index contributed by atoms with van der Waals surface area (Å²) in [5.74, 6) is 0.658. The van der Waals surface area contributed by atoms with Gasteiger partial charge in [0.15, 0.2) is 0 Å². The van der Waals surface area contributed by atoms with Crippen LogP contribution in [0.15, 0.2) is 35.8 Å². The first-order chi connectivity index (χ1) is 15.7. The van der Waals surface area contributed by atoms with E-state index < -0.39 is 16.5 Å². The number of halogens is 4. The normalized spacial score (nSPS) is 12.5. The second kappa shape index (κ2) is 11.3. The van der Waals surface area contributed by atoms with Gasteiger partial charge in [0.05, 0.1) is 10.7 Å². The molecule has 1 aromatic carbocycles. The number of rotatable bonds is 10. The Balaban J connectivity index is 1.82. The van der Waals surface area contributed by atoms with E-state index in [0.717, 1.165) is 32.4 Å². The standard InChI is InChI=1S/C21H23ClF3N5OS2/c1-3-5-11-30(10-4-2)20-26-9-8-17(28-20)19-27-18(13-32-19)15-7-6-14(12-16(15)22)29-33(31)21(23,24)25/h6-9,12-13,29H,3-5,10-11H2,1-2H3. The molecule has 0 aliphatic rings. The maximum atomic E-state index is 12.5. The molecule has 6 nitrogen and oxygen atoms in total. The summed E-state index contributed by atoms with van der Waals surface area (Å²) in [5.41, 5.74) is -3.07. The highest BCUT2D eigenvalue weighted by Crippen LogP contribution is 2.34. The van der Waals surface area contributed by atoms with Crippen molar-refractivity contribution in [2.75, 3.05) is 22.7 Å². The number of aromatic nitrogens is 3. The Bertz CT molecular complexity index is 1110. The molecule has 12 heteroatoms. The van der Waals surface area contributed by atoms with Crippen molar-refractivity contribution in [3.63, 3.8) is 0 Å². The third kappa shape index (κ3) is 6.64. The van der Waals surface area contributed by atoms with Crippen molar-refractivity contribution in [2.45, 2.75) is 38.6 Å². The fraction of sp³-hybridized carbons (Fsp3) is 0.381. The van der Waals surface area contributed by atoms with Crippen molar-refractivity contribution < 1.29 is 17.4 Å². The Hall–Kier alpha value is -2.24. The van der Waals surface area contributed by atoms with Crippen LogP contribution in [0.25, 0.3) is 22.0 Å². The predicted octanol–water partition coefficient (Wildman–Crippen LogP) is 6.53. The summed E-state index contributed by atoms with van der Waals surface area (Å²) in [6.07, 6.45) is 4.83. The number of thiazole rings is 1.